The van der Waals surface area contributed by atoms with Crippen LogP contribution in [0.15, 0.2) is 53.5 Å². The van der Waals surface area contributed by atoms with Crippen LogP contribution < -0.4 is 21.5 Å². The number of nitrogens with zero attached hydrogens (tertiary/aromatic N) is 2. The van der Waals surface area contributed by atoms with Gasteiger partial charge in [-0.25, -0.2) is 4.39 Å². The van der Waals surface area contributed by atoms with Crippen molar-refractivity contribution in [3.8, 4) is 5.75 Å². The molecule has 49 heavy (non-hydrogen) atoms. The van der Waals surface area contributed by atoms with Gasteiger partial charge in [-0.1, -0.05) is 77.5 Å². The first-order valence-corrected chi connectivity index (χ1v) is 17.0. The van der Waals surface area contributed by atoms with E-state index in [4.69, 9.17) is 15.3 Å². The number of nitrogens with one attached hydrogen (secondary N) is 1. The highest BCUT2D eigenvalue weighted by molar-refractivity contribution is 5.89. The molecule has 0 fully saturated rings. The second-order valence-corrected chi connectivity index (χ2v) is 11.1. The number of hydrogen-bond donors (Lipinski definition) is 3. The maximum atomic E-state index is 12.5. The molecule has 0 aliphatic carbocycles. The Hall–Kier alpha value is -4.53. The number of primary amides is 1. The molecule has 0 saturated carbocycles. The van der Waals surface area contributed by atoms with Crippen LogP contribution in [0.3, 0.4) is 0 Å². The van der Waals surface area contributed by atoms with Crippen LogP contribution in [0.2, 0.25) is 0 Å². The van der Waals surface area contributed by atoms with Gasteiger partial charge in [0.25, 0.3) is 0 Å². The lowest BCUT2D eigenvalue weighted by Crippen LogP contribution is -2.15. The molecule has 2 atom stereocenters. The zero-order valence-electron chi connectivity index (χ0n) is 31.8. The molecule has 3 rings (SSSR count). The normalized spacial score (nSPS) is 11.3. The second-order valence-electron chi connectivity index (χ2n) is 11.1. The third-order valence-corrected chi connectivity index (χ3v) is 7.26. The molecule has 0 spiro atoms. The molecule has 5 N–H and O–H groups in total. The minimum Gasteiger partial charge on any atom is -0.495 e. The van der Waals surface area contributed by atoms with E-state index in [1.54, 1.807) is 7.11 Å². The Labute approximate surface area is 295 Å². The summed E-state index contributed by atoms with van der Waals surface area (Å²) in [6.45, 7) is 20.9. The monoisotopic (exact) mass is 679 g/mol. The van der Waals surface area contributed by atoms with E-state index < -0.39 is 6.30 Å². The van der Waals surface area contributed by atoms with Gasteiger partial charge in [0.05, 0.1) is 12.8 Å². The topological polar surface area (TPSA) is 133 Å². The molecule has 2 aromatic carbocycles. The van der Waals surface area contributed by atoms with Gasteiger partial charge in [-0.3, -0.25) is 19.6 Å². The lowest BCUT2D eigenvalue weighted by Gasteiger charge is -2.16. The molecule has 2 amide bonds. The minimum absolute atomic E-state index is 0.250. The quantitative estimate of drug-likeness (QED) is 0.0579. The van der Waals surface area contributed by atoms with E-state index in [0.29, 0.717) is 29.5 Å². The van der Waals surface area contributed by atoms with Crippen molar-refractivity contribution in [3.63, 3.8) is 0 Å². The number of nitrogens with two attached hydrogens (primary N) is 2. The number of amides is 2. The molecule has 8 nitrogen and oxygen atoms in total. The molecule has 2 unspecified atom stereocenters. The highest BCUT2D eigenvalue weighted by Crippen LogP contribution is 2.26. The van der Waals surface area contributed by atoms with Crippen LogP contribution in [-0.4, -0.2) is 44.0 Å². The first-order chi connectivity index (χ1) is 23.4. The van der Waals surface area contributed by atoms with Crippen molar-refractivity contribution in [1.29, 1.82) is 0 Å². The minimum atomic E-state index is -1.23. The number of ether oxygens (including phenoxy) is 1. The number of carbonyl (C=O) groups excluding carboxylic acids is 2. The van der Waals surface area contributed by atoms with E-state index in [0.717, 1.165) is 36.2 Å². The molecule has 1 aromatic heterocycles. The first-order valence-electron chi connectivity index (χ1n) is 17.0. The molecule has 0 aliphatic heterocycles. The summed E-state index contributed by atoms with van der Waals surface area (Å²) >= 11 is 0. The summed E-state index contributed by atoms with van der Waals surface area (Å²) < 4.78 is 17.6. The summed E-state index contributed by atoms with van der Waals surface area (Å²) in [5, 5.41) is 2.67. The van der Waals surface area contributed by atoms with Crippen LogP contribution in [0.1, 0.15) is 111 Å². The summed E-state index contributed by atoms with van der Waals surface area (Å²) in [4.78, 5) is 27.0. The van der Waals surface area contributed by atoms with Gasteiger partial charge in [-0.15, -0.1) is 0 Å². The average Bonchev–Trinajstić information content (AvgIpc) is 3.09. The van der Waals surface area contributed by atoms with Crippen LogP contribution in [0.25, 0.3) is 6.08 Å². The summed E-state index contributed by atoms with van der Waals surface area (Å²) in [6, 6.07) is 14.3. The second kappa shape index (κ2) is 28.5. The van der Waals surface area contributed by atoms with Gasteiger partial charge in [0.1, 0.15) is 5.75 Å². The highest BCUT2D eigenvalue weighted by Gasteiger charge is 2.11. The number of carbonyl (C=O) groups is 2. The number of halogens is 1. The zero-order chi connectivity index (χ0) is 37.8. The van der Waals surface area contributed by atoms with E-state index >= 15 is 0 Å². The number of aromatic nitrogens is 1. The number of pyridine rings is 1. The summed E-state index contributed by atoms with van der Waals surface area (Å²) in [5.41, 5.74) is 19.7. The smallest absolute Gasteiger partial charge is 0.207 e. The maximum absolute atomic E-state index is 12.5. The number of unbranched alkanes of at least 4 members (excludes halogenated alkanes) is 1. The van der Waals surface area contributed by atoms with Gasteiger partial charge in [0, 0.05) is 36.1 Å². The molecule has 0 radical (unpaired) electrons. The van der Waals surface area contributed by atoms with E-state index in [1.807, 2.05) is 32.9 Å². The van der Waals surface area contributed by atoms with Crippen LogP contribution in [0, 0.1) is 27.7 Å². The molecule has 0 aliphatic rings. The van der Waals surface area contributed by atoms with Crippen molar-refractivity contribution in [2.75, 3.05) is 19.4 Å². The lowest BCUT2D eigenvalue weighted by atomic mass is 9.93. The van der Waals surface area contributed by atoms with Gasteiger partial charge >= 0.3 is 0 Å². The number of hydrogen-bond acceptors (Lipinski definition) is 6. The Morgan fingerprint density at radius 3 is 2.18 bits per heavy atom. The van der Waals surface area contributed by atoms with E-state index in [-0.39, 0.29) is 6.41 Å². The summed E-state index contributed by atoms with van der Waals surface area (Å²) in [5.74, 6) is 1.15. The number of methoxy groups -OCH3 is 1. The first kappa shape index (κ1) is 46.6. The number of allylic oxidation sites excluding steroid dienone is 1. The fourth-order valence-corrected chi connectivity index (χ4v) is 4.35. The Morgan fingerprint density at radius 2 is 1.65 bits per heavy atom. The van der Waals surface area contributed by atoms with Crippen molar-refractivity contribution < 1.29 is 18.7 Å². The number of aliphatic imine (C=N–C) groups is 1. The van der Waals surface area contributed by atoms with Crippen molar-refractivity contribution in [2.45, 2.75) is 107 Å². The Kier molecular flexibility index (Phi) is 27.1. The molecule has 0 bridgehead atoms. The predicted molar refractivity (Wildman–Crippen MR) is 207 cm³/mol. The Morgan fingerprint density at radius 1 is 1.02 bits per heavy atom. The summed E-state index contributed by atoms with van der Waals surface area (Å²) in [7, 11) is 1.55. The molecule has 9 heteroatoms. The lowest BCUT2D eigenvalue weighted by molar-refractivity contribution is -0.109. The SMILES string of the molecule is CC.CCC(C)c1cc(CCNC=O)nc(C)c1C.CCC/C=C\c1ccccc1C.COc1cc(C)cc(/C=N/C(C)F)c1N.NC=O. The number of anilines is 1. The average molecular weight is 680 g/mol. The largest absolute Gasteiger partial charge is 0.495 e. The molecular formula is C40H62FN5O3. The van der Waals surface area contributed by atoms with Crippen LogP contribution >= 0.6 is 0 Å². The Balaban J connectivity index is 0. The van der Waals surface area contributed by atoms with Crippen LogP contribution in [-0.2, 0) is 16.0 Å². The highest BCUT2D eigenvalue weighted by atomic mass is 19.1. The van der Waals surface area contributed by atoms with Gasteiger partial charge in [0.15, 0.2) is 6.30 Å². The van der Waals surface area contributed by atoms with Crippen LogP contribution in [0.4, 0.5) is 10.1 Å². The van der Waals surface area contributed by atoms with Crippen LogP contribution in [0.5, 0.6) is 5.75 Å². The number of aryl methyl sites for hydroxylation is 3. The predicted octanol–water partition coefficient (Wildman–Crippen LogP) is 8.76. The maximum Gasteiger partial charge on any atom is 0.207 e. The third kappa shape index (κ3) is 19.8. The van der Waals surface area contributed by atoms with E-state index in [2.05, 4.69) is 105 Å². The fourth-order valence-electron chi connectivity index (χ4n) is 4.35. The van der Waals surface area contributed by atoms with Crippen molar-refractivity contribution >= 4 is 30.8 Å². The van der Waals surface area contributed by atoms with Gasteiger partial charge in [-0.2, -0.15) is 0 Å². The molecule has 3 aromatic rings. The van der Waals surface area contributed by atoms with Gasteiger partial charge < -0.3 is 21.5 Å². The standard InChI is InChI=1S/C14H22N2O.C12H16.C11H15FN2O.C2H6.CH3NO/c1-5-10(2)14-8-13(6-7-15-9-17)16-12(4)11(14)3;1-3-4-5-9-12-10-7-6-8-11(12)2;1-7-4-9(6-14-8(2)12)11(13)10(5-7)15-3;1-2;2-1-3/h8-10H,5-7H2,1-4H3,(H,15,17);5-10H,3-4H2,1-2H3;4-6,8H,13H2,1-3H3;1-2H3;1H,(H2,2,3)/b;9-5-;14-6+;;. The van der Waals surface area contributed by atoms with E-state index in [9.17, 15) is 9.18 Å². The Bertz CT molecular complexity index is 1410. The van der Waals surface area contributed by atoms with Crippen molar-refractivity contribution in [1.82, 2.24) is 10.3 Å². The van der Waals surface area contributed by atoms with E-state index in [1.165, 1.54) is 48.2 Å². The molecule has 1 heterocycles. The van der Waals surface area contributed by atoms with Crippen molar-refractivity contribution in [3.05, 3.63) is 93.3 Å². The molecule has 0 saturated heterocycles. The number of alkyl halides is 1. The van der Waals surface area contributed by atoms with Crippen molar-refractivity contribution in [2.24, 2.45) is 10.7 Å². The third-order valence-electron chi connectivity index (χ3n) is 7.26. The number of rotatable bonds is 12. The summed E-state index contributed by atoms with van der Waals surface area (Å²) in [6.07, 6.45) is 9.96. The fraction of sp³-hybridized carbons (Fsp3) is 0.450. The molecule has 272 valence electrons. The van der Waals surface area contributed by atoms with Gasteiger partial charge in [0.2, 0.25) is 12.8 Å². The molecular weight excluding hydrogens is 617 g/mol. The number of benzene rings is 2. The van der Waals surface area contributed by atoms with Gasteiger partial charge in [-0.05, 0) is 99.4 Å². The number of nitrogen functional groups attached to an aromatic ring is 1. The zero-order valence-corrected chi connectivity index (χ0v) is 31.8.